The molecule has 0 amide bonds. The second kappa shape index (κ2) is 5.50. The van der Waals surface area contributed by atoms with Gasteiger partial charge in [0.15, 0.2) is 11.6 Å². The van der Waals surface area contributed by atoms with Gasteiger partial charge in [0, 0.05) is 6.42 Å². The van der Waals surface area contributed by atoms with Gasteiger partial charge in [0.1, 0.15) is 0 Å². The Morgan fingerprint density at radius 3 is 2.53 bits per heavy atom. The molecule has 0 spiro atoms. The Hall–Kier alpha value is -1.09. The minimum Gasteiger partial charge on any atom is -0.494 e. The van der Waals surface area contributed by atoms with Crippen molar-refractivity contribution < 1.29 is 14.2 Å². The highest BCUT2D eigenvalue weighted by atomic mass is 19.1. The lowest BCUT2D eigenvalue weighted by Gasteiger charge is -2.22. The maximum atomic E-state index is 13.8. The minimum atomic E-state index is -0.531. The summed E-state index contributed by atoms with van der Waals surface area (Å²) in [7, 11) is 1.44. The van der Waals surface area contributed by atoms with Gasteiger partial charge in [-0.05, 0) is 23.5 Å². The van der Waals surface area contributed by atoms with E-state index in [1.54, 1.807) is 18.2 Å². The van der Waals surface area contributed by atoms with Gasteiger partial charge in [-0.25, -0.2) is 4.39 Å². The van der Waals surface area contributed by atoms with Gasteiger partial charge in [-0.3, -0.25) is 0 Å². The van der Waals surface area contributed by atoms with Gasteiger partial charge in [-0.2, -0.15) is 0 Å². The number of aliphatic hydroxyl groups excluding tert-OH is 1. The van der Waals surface area contributed by atoms with E-state index >= 15 is 0 Å². The first kappa shape index (κ1) is 14.0. The largest absolute Gasteiger partial charge is 0.494 e. The molecule has 0 aliphatic carbocycles. The van der Waals surface area contributed by atoms with Crippen LogP contribution < -0.4 is 4.74 Å². The second-order valence-electron chi connectivity index (χ2n) is 5.56. The number of methoxy groups -OCH3 is 1. The molecular formula is C14H21FO2. The molecule has 0 bridgehead atoms. The molecule has 0 fully saturated rings. The molecule has 1 N–H and O–H groups in total. The zero-order valence-electron chi connectivity index (χ0n) is 11.0. The predicted molar refractivity (Wildman–Crippen MR) is 66.7 cm³/mol. The Kier molecular flexibility index (Phi) is 4.52. The Bertz CT molecular complexity index is 369. The number of halogens is 1. The van der Waals surface area contributed by atoms with Crippen molar-refractivity contribution in [2.24, 2.45) is 5.41 Å². The molecule has 1 aromatic rings. The number of hydrogen-bond acceptors (Lipinski definition) is 2. The standard InChI is InChI=1S/C14H21FO2/c1-14(2,3)9-11(16)8-10-6-5-7-12(17-4)13(10)15/h5-7,11,16H,8-9H2,1-4H3. The molecule has 1 rings (SSSR count). The number of rotatable bonds is 4. The normalized spacial score (nSPS) is 13.5. The van der Waals surface area contributed by atoms with E-state index in [0.717, 1.165) is 0 Å². The number of ether oxygens (including phenoxy) is 1. The molecule has 1 unspecified atom stereocenters. The molecule has 2 nitrogen and oxygen atoms in total. The van der Waals surface area contributed by atoms with Gasteiger partial charge in [-0.1, -0.05) is 32.9 Å². The quantitative estimate of drug-likeness (QED) is 0.876. The first-order valence-corrected chi connectivity index (χ1v) is 5.83. The van der Waals surface area contributed by atoms with E-state index in [2.05, 4.69) is 20.8 Å². The van der Waals surface area contributed by atoms with Crippen molar-refractivity contribution in [1.29, 1.82) is 0 Å². The van der Waals surface area contributed by atoms with Crippen molar-refractivity contribution in [2.75, 3.05) is 7.11 Å². The number of hydrogen-bond donors (Lipinski definition) is 1. The molecule has 0 aliphatic heterocycles. The van der Waals surface area contributed by atoms with Crippen LogP contribution in [0.5, 0.6) is 5.75 Å². The van der Waals surface area contributed by atoms with Crippen molar-refractivity contribution in [2.45, 2.75) is 39.7 Å². The molecule has 96 valence electrons. The molecular weight excluding hydrogens is 219 g/mol. The maximum Gasteiger partial charge on any atom is 0.168 e. The van der Waals surface area contributed by atoms with Gasteiger partial charge in [0.05, 0.1) is 13.2 Å². The molecule has 0 saturated carbocycles. The van der Waals surface area contributed by atoms with Crippen LogP contribution in [0.2, 0.25) is 0 Å². The van der Waals surface area contributed by atoms with E-state index in [0.29, 0.717) is 18.4 Å². The first-order chi connectivity index (χ1) is 7.83. The van der Waals surface area contributed by atoms with Crippen molar-refractivity contribution in [1.82, 2.24) is 0 Å². The summed E-state index contributed by atoms with van der Waals surface area (Å²) in [6.07, 6.45) is 0.431. The summed E-state index contributed by atoms with van der Waals surface area (Å²) >= 11 is 0. The zero-order valence-corrected chi connectivity index (χ0v) is 11.0. The van der Waals surface area contributed by atoms with Crippen LogP contribution in [0.3, 0.4) is 0 Å². The molecule has 17 heavy (non-hydrogen) atoms. The van der Waals surface area contributed by atoms with Gasteiger partial charge in [0.2, 0.25) is 0 Å². The molecule has 1 atom stereocenters. The Morgan fingerprint density at radius 2 is 2.00 bits per heavy atom. The van der Waals surface area contributed by atoms with Crippen molar-refractivity contribution in [3.05, 3.63) is 29.6 Å². The summed E-state index contributed by atoms with van der Waals surface area (Å²) in [5, 5.41) is 9.92. The molecule has 0 aromatic heterocycles. The zero-order chi connectivity index (χ0) is 13.1. The first-order valence-electron chi connectivity index (χ1n) is 5.83. The third kappa shape index (κ3) is 4.35. The van der Waals surface area contributed by atoms with E-state index in [1.165, 1.54) is 7.11 Å². The summed E-state index contributed by atoms with van der Waals surface area (Å²) < 4.78 is 18.7. The fraction of sp³-hybridized carbons (Fsp3) is 0.571. The third-order valence-corrected chi connectivity index (χ3v) is 2.57. The van der Waals surface area contributed by atoms with Crippen LogP contribution >= 0.6 is 0 Å². The highest BCUT2D eigenvalue weighted by Crippen LogP contribution is 2.25. The van der Waals surface area contributed by atoms with Crippen molar-refractivity contribution in [3.8, 4) is 5.75 Å². The third-order valence-electron chi connectivity index (χ3n) is 2.57. The predicted octanol–water partition coefficient (Wildman–Crippen LogP) is 3.17. The Morgan fingerprint density at radius 1 is 1.35 bits per heavy atom. The van der Waals surface area contributed by atoms with E-state index in [4.69, 9.17) is 4.74 Å². The average Bonchev–Trinajstić information content (AvgIpc) is 2.18. The molecule has 0 radical (unpaired) electrons. The second-order valence-corrected chi connectivity index (χ2v) is 5.56. The van der Waals surface area contributed by atoms with Crippen LogP contribution in [0, 0.1) is 11.2 Å². The van der Waals surface area contributed by atoms with Crippen molar-refractivity contribution >= 4 is 0 Å². The minimum absolute atomic E-state index is 0.0365. The lowest BCUT2D eigenvalue weighted by atomic mass is 9.87. The topological polar surface area (TPSA) is 29.5 Å². The smallest absolute Gasteiger partial charge is 0.168 e. The van der Waals surface area contributed by atoms with Gasteiger partial charge >= 0.3 is 0 Å². The Labute approximate surface area is 102 Å². The lowest BCUT2D eigenvalue weighted by Crippen LogP contribution is -2.20. The fourth-order valence-corrected chi connectivity index (χ4v) is 1.90. The van der Waals surface area contributed by atoms with Gasteiger partial charge < -0.3 is 9.84 Å². The Balaban J connectivity index is 2.75. The lowest BCUT2D eigenvalue weighted by molar-refractivity contribution is 0.120. The molecule has 0 heterocycles. The summed E-state index contributed by atoms with van der Waals surface area (Å²) in [6.45, 7) is 6.16. The van der Waals surface area contributed by atoms with E-state index in [1.807, 2.05) is 0 Å². The summed E-state index contributed by atoms with van der Waals surface area (Å²) in [5.41, 5.74) is 0.537. The van der Waals surface area contributed by atoms with Gasteiger partial charge in [0.25, 0.3) is 0 Å². The van der Waals surface area contributed by atoms with Crippen molar-refractivity contribution in [3.63, 3.8) is 0 Å². The van der Waals surface area contributed by atoms with Crippen LogP contribution in [0.4, 0.5) is 4.39 Å². The molecule has 0 aliphatic rings. The van der Waals surface area contributed by atoms with Gasteiger partial charge in [-0.15, -0.1) is 0 Å². The van der Waals surface area contributed by atoms with Crippen LogP contribution in [-0.2, 0) is 6.42 Å². The van der Waals surface area contributed by atoms with Crippen LogP contribution in [0.25, 0.3) is 0 Å². The summed E-state index contributed by atoms with van der Waals surface area (Å²) in [6, 6.07) is 5.00. The maximum absolute atomic E-state index is 13.8. The SMILES string of the molecule is COc1cccc(CC(O)CC(C)(C)C)c1F. The highest BCUT2D eigenvalue weighted by molar-refractivity contribution is 5.31. The van der Waals surface area contributed by atoms with Crippen LogP contribution in [0.1, 0.15) is 32.8 Å². The molecule has 1 aromatic carbocycles. The number of benzene rings is 1. The monoisotopic (exact) mass is 240 g/mol. The summed E-state index contributed by atoms with van der Waals surface area (Å²) in [5.74, 6) is -0.145. The average molecular weight is 240 g/mol. The van der Waals surface area contributed by atoms with E-state index < -0.39 is 6.10 Å². The van der Waals surface area contributed by atoms with E-state index in [9.17, 15) is 9.50 Å². The fourth-order valence-electron chi connectivity index (χ4n) is 1.90. The molecule has 0 saturated heterocycles. The molecule has 3 heteroatoms. The van der Waals surface area contributed by atoms with E-state index in [-0.39, 0.29) is 17.0 Å². The van der Waals surface area contributed by atoms with Crippen LogP contribution in [-0.4, -0.2) is 18.3 Å². The summed E-state index contributed by atoms with van der Waals surface area (Å²) in [4.78, 5) is 0. The number of aliphatic hydroxyl groups is 1. The highest BCUT2D eigenvalue weighted by Gasteiger charge is 2.19. The van der Waals surface area contributed by atoms with Crippen LogP contribution in [0.15, 0.2) is 18.2 Å².